The van der Waals surface area contributed by atoms with Crippen LogP contribution in [0.4, 0.5) is 24.5 Å². The Balaban J connectivity index is 1.34. The largest absolute Gasteiger partial charge is 0.416 e. The Morgan fingerprint density at radius 1 is 1.06 bits per heavy atom. The lowest BCUT2D eigenvalue weighted by Crippen LogP contribution is -2.47. The van der Waals surface area contributed by atoms with Gasteiger partial charge in [0.2, 0.25) is 5.91 Å². The monoisotopic (exact) mass is 486 g/mol. The third-order valence-corrected chi connectivity index (χ3v) is 7.00. The van der Waals surface area contributed by atoms with E-state index in [2.05, 4.69) is 15.2 Å². The van der Waals surface area contributed by atoms with Crippen LogP contribution >= 0.6 is 0 Å². The van der Waals surface area contributed by atoms with Gasteiger partial charge < -0.3 is 15.2 Å². The van der Waals surface area contributed by atoms with Gasteiger partial charge in [-0.15, -0.1) is 0 Å². The number of nitrogens with one attached hydrogen (secondary N) is 2. The van der Waals surface area contributed by atoms with Gasteiger partial charge in [0, 0.05) is 67.1 Å². The van der Waals surface area contributed by atoms with Crippen LogP contribution in [0.3, 0.4) is 0 Å². The lowest BCUT2D eigenvalue weighted by atomic mass is 10.0. The van der Waals surface area contributed by atoms with Crippen molar-refractivity contribution in [3.63, 3.8) is 0 Å². The minimum atomic E-state index is -4.33. The molecule has 0 atom stereocenters. The van der Waals surface area contributed by atoms with Crippen LogP contribution in [0, 0.1) is 5.92 Å². The van der Waals surface area contributed by atoms with Crippen LogP contribution < -0.4 is 10.2 Å². The number of anilines is 2. The molecule has 0 radical (unpaired) electrons. The Morgan fingerprint density at radius 3 is 2.49 bits per heavy atom. The van der Waals surface area contributed by atoms with Crippen LogP contribution in [-0.2, 0) is 17.4 Å². The standard InChI is InChI=1S/C27H33F3N4O/c1-3-19(4-2)26(35)32-22-8-9-25-24(17-22)20(18-31-25)10-11-33-12-14-34(15-13-33)23-7-5-6-21(16-23)27(28,29)30/h5-9,16-19,31H,3-4,10-15H2,1-2H3,(H,32,35). The van der Waals surface area contributed by atoms with Gasteiger partial charge in [-0.1, -0.05) is 19.9 Å². The second-order valence-corrected chi connectivity index (χ2v) is 9.20. The van der Waals surface area contributed by atoms with E-state index in [4.69, 9.17) is 0 Å². The van der Waals surface area contributed by atoms with Crippen molar-refractivity contribution in [3.8, 4) is 0 Å². The summed E-state index contributed by atoms with van der Waals surface area (Å²) in [6.07, 6.45) is 0.194. The smallest absolute Gasteiger partial charge is 0.369 e. The first-order valence-electron chi connectivity index (χ1n) is 12.3. The highest BCUT2D eigenvalue weighted by Crippen LogP contribution is 2.32. The fourth-order valence-corrected chi connectivity index (χ4v) is 4.75. The summed E-state index contributed by atoms with van der Waals surface area (Å²) in [5, 5.41) is 4.16. The van der Waals surface area contributed by atoms with Crippen molar-refractivity contribution in [2.24, 2.45) is 5.92 Å². The average molecular weight is 487 g/mol. The summed E-state index contributed by atoms with van der Waals surface area (Å²) in [6, 6.07) is 11.5. The zero-order chi connectivity index (χ0) is 25.0. The molecule has 2 aromatic carbocycles. The number of halogens is 3. The molecular formula is C27H33F3N4O. The van der Waals surface area contributed by atoms with E-state index in [1.807, 2.05) is 43.1 Å². The zero-order valence-corrected chi connectivity index (χ0v) is 20.3. The van der Waals surface area contributed by atoms with E-state index in [9.17, 15) is 18.0 Å². The summed E-state index contributed by atoms with van der Waals surface area (Å²) in [5.74, 6) is 0.0797. The third-order valence-electron chi connectivity index (χ3n) is 7.00. The number of carbonyl (C=O) groups excluding carboxylic acids is 1. The molecule has 5 nitrogen and oxygen atoms in total. The van der Waals surface area contributed by atoms with E-state index in [0.717, 1.165) is 61.6 Å². The van der Waals surface area contributed by atoms with Crippen molar-refractivity contribution in [1.29, 1.82) is 0 Å². The van der Waals surface area contributed by atoms with Crippen molar-refractivity contribution in [2.45, 2.75) is 39.3 Å². The normalized spacial score (nSPS) is 15.2. The molecule has 1 amide bonds. The van der Waals surface area contributed by atoms with Crippen molar-refractivity contribution in [3.05, 3.63) is 59.8 Å². The van der Waals surface area contributed by atoms with Crippen LogP contribution in [0.25, 0.3) is 10.9 Å². The van der Waals surface area contributed by atoms with Gasteiger partial charge in [0.1, 0.15) is 0 Å². The Morgan fingerprint density at radius 2 is 1.80 bits per heavy atom. The Hall–Kier alpha value is -3.00. The highest BCUT2D eigenvalue weighted by Gasteiger charge is 2.31. The predicted molar refractivity (Wildman–Crippen MR) is 135 cm³/mol. The summed E-state index contributed by atoms with van der Waals surface area (Å²) in [7, 11) is 0. The van der Waals surface area contributed by atoms with Crippen LogP contribution in [0.15, 0.2) is 48.7 Å². The summed E-state index contributed by atoms with van der Waals surface area (Å²) >= 11 is 0. The van der Waals surface area contributed by atoms with Gasteiger partial charge in [-0.05, 0) is 61.2 Å². The Bertz CT molecular complexity index is 1140. The highest BCUT2D eigenvalue weighted by molar-refractivity contribution is 5.95. The number of piperazine rings is 1. The molecule has 4 rings (SSSR count). The minimum Gasteiger partial charge on any atom is -0.369 e. The second-order valence-electron chi connectivity index (χ2n) is 9.20. The number of fused-ring (bicyclic) bond motifs is 1. The number of H-pyrrole nitrogens is 1. The number of carbonyl (C=O) groups is 1. The number of nitrogens with zero attached hydrogens (tertiary/aromatic N) is 2. The van der Waals surface area contributed by atoms with E-state index in [1.165, 1.54) is 17.7 Å². The minimum absolute atomic E-state index is 0.0194. The number of rotatable bonds is 8. The van der Waals surface area contributed by atoms with Gasteiger partial charge in [-0.3, -0.25) is 9.69 Å². The van der Waals surface area contributed by atoms with Gasteiger partial charge in [0.25, 0.3) is 0 Å². The first kappa shape index (κ1) is 25.1. The quantitative estimate of drug-likeness (QED) is 0.415. The summed E-state index contributed by atoms with van der Waals surface area (Å²) in [4.78, 5) is 20.2. The summed E-state index contributed by atoms with van der Waals surface area (Å²) in [6.45, 7) is 7.92. The highest BCUT2D eigenvalue weighted by atomic mass is 19.4. The number of amides is 1. The van der Waals surface area contributed by atoms with E-state index in [0.29, 0.717) is 18.8 Å². The number of aromatic amines is 1. The maximum absolute atomic E-state index is 13.0. The molecule has 1 aliphatic heterocycles. The molecule has 1 aromatic heterocycles. The molecular weight excluding hydrogens is 453 g/mol. The van der Waals surface area contributed by atoms with Crippen molar-refractivity contribution >= 4 is 28.2 Å². The molecule has 35 heavy (non-hydrogen) atoms. The molecule has 8 heteroatoms. The number of hydrogen-bond donors (Lipinski definition) is 2. The first-order chi connectivity index (χ1) is 16.8. The molecule has 0 spiro atoms. The summed E-state index contributed by atoms with van der Waals surface area (Å²) < 4.78 is 39.1. The number of hydrogen-bond acceptors (Lipinski definition) is 3. The van der Waals surface area contributed by atoms with Crippen LogP contribution in [0.2, 0.25) is 0 Å². The molecule has 1 aliphatic rings. The Kier molecular flexibility index (Phi) is 7.69. The maximum atomic E-state index is 13.0. The number of benzene rings is 2. The third kappa shape index (κ3) is 5.99. The van der Waals surface area contributed by atoms with Crippen molar-refractivity contribution in [2.75, 3.05) is 42.9 Å². The SMILES string of the molecule is CCC(CC)C(=O)Nc1ccc2[nH]cc(CCN3CCN(c4cccc(C(F)(F)F)c4)CC3)c2c1. The van der Waals surface area contributed by atoms with Crippen LogP contribution in [-0.4, -0.2) is 48.5 Å². The number of alkyl halides is 3. The average Bonchev–Trinajstić information content (AvgIpc) is 3.25. The van der Waals surface area contributed by atoms with Gasteiger partial charge in [0.05, 0.1) is 5.56 Å². The van der Waals surface area contributed by atoms with Crippen molar-refractivity contribution in [1.82, 2.24) is 9.88 Å². The van der Waals surface area contributed by atoms with Crippen LogP contribution in [0.5, 0.6) is 0 Å². The molecule has 2 N–H and O–H groups in total. The molecule has 0 saturated carbocycles. The van der Waals surface area contributed by atoms with Gasteiger partial charge in [-0.2, -0.15) is 13.2 Å². The van der Waals surface area contributed by atoms with E-state index >= 15 is 0 Å². The van der Waals surface area contributed by atoms with Gasteiger partial charge in [0.15, 0.2) is 0 Å². The lowest BCUT2D eigenvalue weighted by molar-refractivity contribution is -0.137. The topological polar surface area (TPSA) is 51.4 Å². The molecule has 0 aliphatic carbocycles. The Labute approximate surface area is 204 Å². The van der Waals surface area contributed by atoms with Gasteiger partial charge >= 0.3 is 6.18 Å². The molecule has 0 unspecified atom stereocenters. The lowest BCUT2D eigenvalue weighted by Gasteiger charge is -2.36. The molecule has 2 heterocycles. The fourth-order valence-electron chi connectivity index (χ4n) is 4.75. The van der Waals surface area contributed by atoms with Crippen molar-refractivity contribution < 1.29 is 18.0 Å². The van der Waals surface area contributed by atoms with Gasteiger partial charge in [-0.25, -0.2) is 0 Å². The second kappa shape index (κ2) is 10.7. The summed E-state index contributed by atoms with van der Waals surface area (Å²) in [5.41, 5.74) is 3.06. The van der Waals surface area contributed by atoms with E-state index in [-0.39, 0.29) is 11.8 Å². The first-order valence-corrected chi connectivity index (χ1v) is 12.3. The molecule has 0 bridgehead atoms. The van der Waals surface area contributed by atoms with Crippen LogP contribution in [0.1, 0.15) is 37.8 Å². The molecule has 188 valence electrons. The van der Waals surface area contributed by atoms with E-state index in [1.54, 1.807) is 6.07 Å². The maximum Gasteiger partial charge on any atom is 0.416 e. The molecule has 1 saturated heterocycles. The van der Waals surface area contributed by atoms with E-state index < -0.39 is 11.7 Å². The predicted octanol–water partition coefficient (Wildman–Crippen LogP) is 5.93. The fraction of sp³-hybridized carbons (Fsp3) is 0.444. The zero-order valence-electron chi connectivity index (χ0n) is 20.3. The molecule has 3 aromatic rings. The molecule has 1 fully saturated rings. The number of aromatic nitrogens is 1.